The number of hydrogen-bond donors (Lipinski definition) is 1. The van der Waals surface area contributed by atoms with Crippen LogP contribution >= 0.6 is 0 Å². The van der Waals surface area contributed by atoms with Crippen LogP contribution < -0.4 is 20.3 Å². The van der Waals surface area contributed by atoms with Crippen LogP contribution in [0.4, 0.5) is 11.4 Å². The first-order valence-electron chi connectivity index (χ1n) is 8.76. The molecule has 0 aliphatic carbocycles. The van der Waals surface area contributed by atoms with E-state index in [4.69, 9.17) is 9.47 Å². The summed E-state index contributed by atoms with van der Waals surface area (Å²) in [7, 11) is 2.92. The molecule has 0 unspecified atom stereocenters. The highest BCUT2D eigenvalue weighted by molar-refractivity contribution is 5.92. The largest absolute Gasteiger partial charge is 0.497 e. The number of benzene rings is 2. The van der Waals surface area contributed by atoms with Crippen LogP contribution in [-0.2, 0) is 11.3 Å². The van der Waals surface area contributed by atoms with Crippen molar-refractivity contribution < 1.29 is 19.2 Å². The van der Waals surface area contributed by atoms with E-state index in [0.29, 0.717) is 17.0 Å². The Hall–Kier alpha value is -4.21. The van der Waals surface area contributed by atoms with E-state index in [-0.39, 0.29) is 23.7 Å². The summed E-state index contributed by atoms with van der Waals surface area (Å²) < 4.78 is 11.3. The third kappa shape index (κ3) is 4.61. The molecular formula is C20H18N4O6. The van der Waals surface area contributed by atoms with Gasteiger partial charge in [0, 0.05) is 23.8 Å². The molecule has 3 rings (SSSR count). The van der Waals surface area contributed by atoms with Crippen molar-refractivity contribution >= 4 is 17.3 Å². The van der Waals surface area contributed by atoms with Crippen LogP contribution in [0.25, 0.3) is 11.3 Å². The van der Waals surface area contributed by atoms with Crippen molar-refractivity contribution in [3.05, 3.63) is 75.1 Å². The molecule has 10 nitrogen and oxygen atoms in total. The smallest absolute Gasteiger partial charge is 0.271 e. The predicted molar refractivity (Wildman–Crippen MR) is 109 cm³/mol. The van der Waals surface area contributed by atoms with E-state index >= 15 is 0 Å². The minimum absolute atomic E-state index is 0.119. The molecule has 0 saturated heterocycles. The van der Waals surface area contributed by atoms with Gasteiger partial charge in [-0.25, -0.2) is 4.68 Å². The number of nitrogens with zero attached hydrogens (tertiary/aromatic N) is 3. The van der Waals surface area contributed by atoms with Crippen LogP contribution in [-0.4, -0.2) is 34.8 Å². The number of ether oxygens (including phenoxy) is 2. The minimum atomic E-state index is -0.591. The van der Waals surface area contributed by atoms with Crippen LogP contribution in [0.15, 0.2) is 59.4 Å². The monoisotopic (exact) mass is 410 g/mol. The normalized spacial score (nSPS) is 10.3. The van der Waals surface area contributed by atoms with Crippen molar-refractivity contribution in [2.24, 2.45) is 0 Å². The number of nitro benzene ring substituents is 1. The van der Waals surface area contributed by atoms with E-state index in [0.717, 1.165) is 4.68 Å². The first kappa shape index (κ1) is 20.5. The molecule has 0 bridgehead atoms. The summed E-state index contributed by atoms with van der Waals surface area (Å²) in [6.07, 6.45) is 0. The van der Waals surface area contributed by atoms with Crippen molar-refractivity contribution in [3.63, 3.8) is 0 Å². The van der Waals surface area contributed by atoms with Gasteiger partial charge in [-0.1, -0.05) is 12.1 Å². The van der Waals surface area contributed by atoms with Crippen LogP contribution in [0.2, 0.25) is 0 Å². The predicted octanol–water partition coefficient (Wildman–Crippen LogP) is 2.47. The zero-order chi connectivity index (χ0) is 21.7. The maximum Gasteiger partial charge on any atom is 0.271 e. The van der Waals surface area contributed by atoms with Gasteiger partial charge in [0.2, 0.25) is 5.91 Å². The van der Waals surface area contributed by atoms with E-state index in [9.17, 15) is 19.7 Å². The number of carbonyl (C=O) groups is 1. The van der Waals surface area contributed by atoms with Crippen LogP contribution in [0.1, 0.15) is 0 Å². The maximum atomic E-state index is 12.5. The number of rotatable bonds is 7. The van der Waals surface area contributed by atoms with Crippen molar-refractivity contribution in [1.82, 2.24) is 9.78 Å². The summed E-state index contributed by atoms with van der Waals surface area (Å²) in [5.74, 6) is 0.285. The van der Waals surface area contributed by atoms with E-state index in [2.05, 4.69) is 10.4 Å². The number of methoxy groups -OCH3 is 2. The fourth-order valence-electron chi connectivity index (χ4n) is 2.73. The Morgan fingerprint density at radius 3 is 2.63 bits per heavy atom. The van der Waals surface area contributed by atoms with E-state index in [1.54, 1.807) is 37.4 Å². The molecule has 0 spiro atoms. The zero-order valence-electron chi connectivity index (χ0n) is 16.2. The van der Waals surface area contributed by atoms with Gasteiger partial charge in [0.25, 0.3) is 11.2 Å². The number of nitrogens with one attached hydrogen (secondary N) is 1. The van der Waals surface area contributed by atoms with Crippen molar-refractivity contribution in [2.75, 3.05) is 19.5 Å². The Labute approximate surface area is 170 Å². The molecule has 0 aliphatic heterocycles. The molecule has 30 heavy (non-hydrogen) atoms. The standard InChI is InChI=1S/C20H18N4O6/c1-29-15-5-3-4-13(10-15)16-7-9-20(26)23(22-16)12-19(25)21-17-11-14(24(27)28)6-8-18(17)30-2/h3-11H,12H2,1-2H3,(H,21,25). The van der Waals surface area contributed by atoms with Gasteiger partial charge in [0.05, 0.1) is 30.5 Å². The van der Waals surface area contributed by atoms with Crippen molar-refractivity contribution in [1.29, 1.82) is 0 Å². The second kappa shape index (κ2) is 8.86. The SMILES string of the molecule is COc1cccc(-c2ccc(=O)n(CC(=O)Nc3cc([N+](=O)[O-])ccc3OC)n2)c1. The maximum absolute atomic E-state index is 12.5. The third-order valence-corrected chi connectivity index (χ3v) is 4.19. The Bertz CT molecular complexity index is 1160. The Balaban J connectivity index is 1.84. The number of hydrogen-bond acceptors (Lipinski definition) is 7. The molecule has 0 aliphatic rings. The number of non-ortho nitro benzene ring substituents is 1. The average Bonchev–Trinajstić information content (AvgIpc) is 2.75. The first-order valence-corrected chi connectivity index (χ1v) is 8.76. The minimum Gasteiger partial charge on any atom is -0.497 e. The molecule has 0 atom stereocenters. The van der Waals surface area contributed by atoms with Crippen LogP contribution in [0.5, 0.6) is 11.5 Å². The van der Waals surface area contributed by atoms with Gasteiger partial charge in [-0.15, -0.1) is 0 Å². The topological polar surface area (TPSA) is 126 Å². The summed E-state index contributed by atoms with van der Waals surface area (Å²) in [6.45, 7) is -0.386. The molecule has 2 aromatic carbocycles. The zero-order valence-corrected chi connectivity index (χ0v) is 16.2. The van der Waals surface area contributed by atoms with E-state index in [1.807, 2.05) is 0 Å². The highest BCUT2D eigenvalue weighted by Crippen LogP contribution is 2.28. The fraction of sp³-hybridized carbons (Fsp3) is 0.150. The molecule has 154 valence electrons. The second-order valence-electron chi connectivity index (χ2n) is 6.14. The molecule has 10 heteroatoms. The van der Waals surface area contributed by atoms with Gasteiger partial charge < -0.3 is 14.8 Å². The first-order chi connectivity index (χ1) is 14.4. The number of aromatic nitrogens is 2. The number of amides is 1. The van der Waals surface area contributed by atoms with Crippen LogP contribution in [0.3, 0.4) is 0 Å². The number of nitro groups is 1. The van der Waals surface area contributed by atoms with Gasteiger partial charge in [-0.05, 0) is 24.3 Å². The Kier molecular flexibility index (Phi) is 6.06. The fourth-order valence-corrected chi connectivity index (χ4v) is 2.73. The second-order valence-corrected chi connectivity index (χ2v) is 6.14. The van der Waals surface area contributed by atoms with Gasteiger partial charge in [-0.2, -0.15) is 5.10 Å². The lowest BCUT2D eigenvalue weighted by molar-refractivity contribution is -0.384. The molecule has 0 saturated carbocycles. The lowest BCUT2D eigenvalue weighted by Crippen LogP contribution is -2.29. The molecular weight excluding hydrogens is 392 g/mol. The van der Waals surface area contributed by atoms with Crippen molar-refractivity contribution in [2.45, 2.75) is 6.54 Å². The van der Waals surface area contributed by atoms with Crippen molar-refractivity contribution in [3.8, 4) is 22.8 Å². The molecule has 1 heterocycles. The summed E-state index contributed by atoms with van der Waals surface area (Å²) in [6, 6.07) is 13.8. The molecule has 0 fully saturated rings. The number of carbonyl (C=O) groups excluding carboxylic acids is 1. The quantitative estimate of drug-likeness (QED) is 0.468. The summed E-state index contributed by atoms with van der Waals surface area (Å²) >= 11 is 0. The molecule has 1 N–H and O–H groups in total. The summed E-state index contributed by atoms with van der Waals surface area (Å²) in [4.78, 5) is 35.0. The lowest BCUT2D eigenvalue weighted by atomic mass is 10.1. The molecule has 0 radical (unpaired) electrons. The summed E-state index contributed by atoms with van der Waals surface area (Å²) in [5.41, 5.74) is 0.635. The highest BCUT2D eigenvalue weighted by atomic mass is 16.6. The van der Waals surface area contributed by atoms with Gasteiger partial charge in [-0.3, -0.25) is 19.7 Å². The average molecular weight is 410 g/mol. The molecule has 1 aromatic heterocycles. The Morgan fingerprint density at radius 2 is 1.93 bits per heavy atom. The highest BCUT2D eigenvalue weighted by Gasteiger charge is 2.15. The summed E-state index contributed by atoms with van der Waals surface area (Å²) in [5, 5.41) is 17.7. The van der Waals surface area contributed by atoms with Crippen LogP contribution in [0, 0.1) is 10.1 Å². The van der Waals surface area contributed by atoms with Gasteiger partial charge in [0.15, 0.2) is 0 Å². The molecule has 3 aromatic rings. The molecule has 1 amide bonds. The van der Waals surface area contributed by atoms with Gasteiger partial charge >= 0.3 is 0 Å². The third-order valence-electron chi connectivity index (χ3n) is 4.19. The van der Waals surface area contributed by atoms with Gasteiger partial charge in [0.1, 0.15) is 18.0 Å². The number of anilines is 1. The lowest BCUT2D eigenvalue weighted by Gasteiger charge is -2.11. The Morgan fingerprint density at radius 1 is 1.13 bits per heavy atom. The van der Waals surface area contributed by atoms with E-state index in [1.165, 1.54) is 31.4 Å². The van der Waals surface area contributed by atoms with E-state index < -0.39 is 16.4 Å².